The number of hydrogen-bond donors (Lipinski definition) is 1. The van der Waals surface area contributed by atoms with E-state index in [1.807, 2.05) is 38.8 Å². The van der Waals surface area contributed by atoms with Crippen molar-refractivity contribution in [3.63, 3.8) is 0 Å². The third-order valence-electron chi connectivity index (χ3n) is 5.01. The molecular weight excluding hydrogens is 304 g/mol. The van der Waals surface area contributed by atoms with E-state index in [1.165, 1.54) is 5.69 Å². The summed E-state index contributed by atoms with van der Waals surface area (Å²) < 4.78 is 3.76. The lowest BCUT2D eigenvalue weighted by molar-refractivity contribution is -0.117. The maximum atomic E-state index is 12.4. The third kappa shape index (κ3) is 3.36. The molecule has 1 fully saturated rings. The van der Waals surface area contributed by atoms with Crippen molar-refractivity contribution >= 4 is 11.6 Å². The van der Waals surface area contributed by atoms with Gasteiger partial charge in [0.1, 0.15) is 0 Å². The van der Waals surface area contributed by atoms with Gasteiger partial charge >= 0.3 is 0 Å². The highest BCUT2D eigenvalue weighted by Crippen LogP contribution is 2.27. The van der Waals surface area contributed by atoms with Gasteiger partial charge in [0.15, 0.2) is 0 Å². The summed E-state index contributed by atoms with van der Waals surface area (Å²) >= 11 is 0. The van der Waals surface area contributed by atoms with E-state index in [2.05, 4.69) is 26.5 Å². The van der Waals surface area contributed by atoms with Gasteiger partial charge in [0.2, 0.25) is 5.91 Å². The molecule has 7 heteroatoms. The lowest BCUT2D eigenvalue weighted by Gasteiger charge is -2.31. The highest BCUT2D eigenvalue weighted by atomic mass is 16.2. The molecule has 1 aliphatic heterocycles. The zero-order valence-corrected chi connectivity index (χ0v) is 14.9. The maximum absolute atomic E-state index is 12.4. The van der Waals surface area contributed by atoms with E-state index in [1.54, 1.807) is 4.68 Å². The largest absolute Gasteiger partial charge is 0.322 e. The number of hydrogen-bond acceptors (Lipinski definition) is 4. The van der Waals surface area contributed by atoms with Gasteiger partial charge in [-0.05, 0) is 45.8 Å². The Hall–Kier alpha value is -2.15. The van der Waals surface area contributed by atoms with Crippen molar-refractivity contribution in [2.45, 2.75) is 32.6 Å². The molecule has 0 atom stereocenters. The summed E-state index contributed by atoms with van der Waals surface area (Å²) in [5.41, 5.74) is 3.97. The van der Waals surface area contributed by atoms with Crippen LogP contribution in [-0.4, -0.2) is 50.0 Å². The second kappa shape index (κ2) is 6.76. The van der Waals surface area contributed by atoms with E-state index in [-0.39, 0.29) is 5.91 Å². The molecule has 2 aromatic rings. The Bertz CT molecular complexity index is 724. The molecule has 3 rings (SSSR count). The van der Waals surface area contributed by atoms with Crippen LogP contribution in [0.4, 0.5) is 5.69 Å². The maximum Gasteiger partial charge on any atom is 0.238 e. The molecule has 1 N–H and O–H groups in total. The van der Waals surface area contributed by atoms with Gasteiger partial charge in [0.25, 0.3) is 0 Å². The van der Waals surface area contributed by atoms with Gasteiger partial charge in [-0.1, -0.05) is 0 Å². The van der Waals surface area contributed by atoms with Gasteiger partial charge < -0.3 is 5.32 Å². The number of carbonyl (C=O) groups is 1. The summed E-state index contributed by atoms with van der Waals surface area (Å²) in [6.07, 6.45) is 3.99. The van der Waals surface area contributed by atoms with Crippen molar-refractivity contribution < 1.29 is 4.79 Å². The number of carbonyl (C=O) groups excluding carboxylic acids is 1. The number of piperidine rings is 1. The number of amides is 1. The van der Waals surface area contributed by atoms with Crippen molar-refractivity contribution in [2.75, 3.05) is 25.0 Å². The Morgan fingerprint density at radius 1 is 1.25 bits per heavy atom. The first-order valence-corrected chi connectivity index (χ1v) is 8.46. The van der Waals surface area contributed by atoms with E-state index in [0.717, 1.165) is 43.0 Å². The third-order valence-corrected chi connectivity index (χ3v) is 5.01. The standard InChI is InChI=1S/C17H26N6O/c1-12-17(13(2)21(3)20-12)19-16(24)11-23-9-6-14(7-10-23)15-5-8-18-22(15)4/h5,8,14H,6-7,9-11H2,1-4H3,(H,19,24). The fourth-order valence-electron chi connectivity index (χ4n) is 3.51. The Labute approximate surface area is 142 Å². The van der Waals surface area contributed by atoms with Gasteiger partial charge in [-0.3, -0.25) is 19.1 Å². The Morgan fingerprint density at radius 2 is 1.96 bits per heavy atom. The van der Waals surface area contributed by atoms with Crippen LogP contribution in [0.1, 0.15) is 35.8 Å². The van der Waals surface area contributed by atoms with Gasteiger partial charge in [0.05, 0.1) is 23.6 Å². The van der Waals surface area contributed by atoms with E-state index >= 15 is 0 Å². The second-order valence-corrected chi connectivity index (χ2v) is 6.65. The van der Waals surface area contributed by atoms with Gasteiger partial charge in [-0.15, -0.1) is 0 Å². The highest BCUT2D eigenvalue weighted by Gasteiger charge is 2.24. The molecular formula is C17H26N6O. The van der Waals surface area contributed by atoms with E-state index in [4.69, 9.17) is 0 Å². The lowest BCUT2D eigenvalue weighted by atomic mass is 9.93. The van der Waals surface area contributed by atoms with Crippen LogP contribution in [0.5, 0.6) is 0 Å². The van der Waals surface area contributed by atoms with Crippen LogP contribution in [0.3, 0.4) is 0 Å². The van der Waals surface area contributed by atoms with Gasteiger partial charge in [-0.2, -0.15) is 10.2 Å². The molecule has 0 radical (unpaired) electrons. The molecule has 2 aromatic heterocycles. The predicted molar refractivity (Wildman–Crippen MR) is 92.9 cm³/mol. The molecule has 3 heterocycles. The quantitative estimate of drug-likeness (QED) is 0.924. The summed E-state index contributed by atoms with van der Waals surface area (Å²) in [5.74, 6) is 0.577. The molecule has 1 saturated heterocycles. The fraction of sp³-hybridized carbons (Fsp3) is 0.588. The average molecular weight is 330 g/mol. The minimum absolute atomic E-state index is 0.0354. The molecule has 1 amide bonds. The monoisotopic (exact) mass is 330 g/mol. The Kier molecular flexibility index (Phi) is 4.71. The van der Waals surface area contributed by atoms with Crippen LogP contribution in [0, 0.1) is 13.8 Å². The fourth-order valence-corrected chi connectivity index (χ4v) is 3.51. The van der Waals surface area contributed by atoms with Crippen LogP contribution in [0.2, 0.25) is 0 Å². The number of aromatic nitrogens is 4. The van der Waals surface area contributed by atoms with Gasteiger partial charge in [0, 0.05) is 31.9 Å². The summed E-state index contributed by atoms with van der Waals surface area (Å²) in [6.45, 7) is 6.20. The number of anilines is 1. The van der Waals surface area contributed by atoms with Crippen LogP contribution < -0.4 is 5.32 Å². The first-order chi connectivity index (χ1) is 11.5. The van der Waals surface area contributed by atoms with Gasteiger partial charge in [-0.25, -0.2) is 0 Å². The minimum atomic E-state index is 0.0354. The van der Waals surface area contributed by atoms with Crippen molar-refractivity contribution in [3.8, 4) is 0 Å². The predicted octanol–water partition coefficient (Wildman–Crippen LogP) is 1.59. The molecule has 7 nitrogen and oxygen atoms in total. The second-order valence-electron chi connectivity index (χ2n) is 6.65. The number of nitrogens with one attached hydrogen (secondary N) is 1. The average Bonchev–Trinajstić information content (AvgIpc) is 3.07. The topological polar surface area (TPSA) is 68.0 Å². The molecule has 0 spiro atoms. The van der Waals surface area contributed by atoms with Crippen molar-refractivity contribution in [1.29, 1.82) is 0 Å². The van der Waals surface area contributed by atoms with Crippen molar-refractivity contribution in [1.82, 2.24) is 24.5 Å². The minimum Gasteiger partial charge on any atom is -0.322 e. The highest BCUT2D eigenvalue weighted by molar-refractivity contribution is 5.93. The summed E-state index contributed by atoms with van der Waals surface area (Å²) in [5, 5.41) is 11.6. The van der Waals surface area contributed by atoms with Crippen molar-refractivity contribution in [3.05, 3.63) is 29.3 Å². The molecule has 0 aromatic carbocycles. The summed E-state index contributed by atoms with van der Waals surface area (Å²) in [4.78, 5) is 14.6. The van der Waals surface area contributed by atoms with Crippen LogP contribution in [0.25, 0.3) is 0 Å². The number of rotatable bonds is 4. The van der Waals surface area contributed by atoms with Crippen LogP contribution in [-0.2, 0) is 18.9 Å². The molecule has 0 aliphatic carbocycles. The molecule has 0 bridgehead atoms. The summed E-state index contributed by atoms with van der Waals surface area (Å²) in [7, 11) is 3.88. The molecule has 0 saturated carbocycles. The van der Waals surface area contributed by atoms with E-state index < -0.39 is 0 Å². The number of nitrogens with zero attached hydrogens (tertiary/aromatic N) is 5. The summed E-state index contributed by atoms with van der Waals surface area (Å²) in [6, 6.07) is 2.10. The lowest BCUT2D eigenvalue weighted by Crippen LogP contribution is -2.39. The zero-order valence-electron chi connectivity index (χ0n) is 14.9. The SMILES string of the molecule is Cc1nn(C)c(C)c1NC(=O)CN1CCC(c2ccnn2C)CC1. The van der Waals surface area contributed by atoms with Crippen LogP contribution >= 0.6 is 0 Å². The zero-order chi connectivity index (χ0) is 17.3. The smallest absolute Gasteiger partial charge is 0.238 e. The number of aryl methyl sites for hydroxylation is 3. The Balaban J connectivity index is 1.52. The van der Waals surface area contributed by atoms with E-state index in [9.17, 15) is 4.79 Å². The molecule has 24 heavy (non-hydrogen) atoms. The van der Waals surface area contributed by atoms with Crippen molar-refractivity contribution in [2.24, 2.45) is 14.1 Å². The molecule has 1 aliphatic rings. The molecule has 0 unspecified atom stereocenters. The van der Waals surface area contributed by atoms with Crippen LogP contribution in [0.15, 0.2) is 12.3 Å². The first kappa shape index (κ1) is 16.7. The molecule has 130 valence electrons. The number of likely N-dealkylation sites (tertiary alicyclic amines) is 1. The Morgan fingerprint density at radius 3 is 2.50 bits per heavy atom. The normalized spacial score (nSPS) is 16.5. The first-order valence-electron chi connectivity index (χ1n) is 8.46. The van der Waals surface area contributed by atoms with E-state index in [0.29, 0.717) is 12.5 Å².